The first kappa shape index (κ1) is 15.9. The Kier molecular flexibility index (Phi) is 4.91. The van der Waals surface area contributed by atoms with Crippen molar-refractivity contribution in [2.24, 2.45) is 0 Å². The topological polar surface area (TPSA) is 49.8 Å². The smallest absolute Gasteiger partial charge is 0.270 e. The number of hydrogen-bond donors (Lipinski definition) is 2. The predicted molar refractivity (Wildman–Crippen MR) is 93.6 cm³/mol. The second-order valence-electron chi connectivity index (χ2n) is 6.18. The van der Waals surface area contributed by atoms with Crippen LogP contribution in [0.3, 0.4) is 0 Å². The number of nitrogens with one attached hydrogen (secondary N) is 2. The Hall–Kier alpha value is -1.94. The normalized spacial score (nSPS) is 16.5. The fourth-order valence-electron chi connectivity index (χ4n) is 3.01. The van der Waals surface area contributed by atoms with Crippen LogP contribution in [0.4, 0.5) is 0 Å². The Bertz CT molecular complexity index is 678. The lowest BCUT2D eigenvalue weighted by molar-refractivity contribution is 0.0946. The van der Waals surface area contributed by atoms with E-state index in [1.807, 2.05) is 31.2 Å². The highest BCUT2D eigenvalue weighted by atomic mass is 35.5. The largest absolute Gasteiger partial charge is 0.386 e. The lowest BCUT2D eigenvalue weighted by Gasteiger charge is -2.24. The van der Waals surface area contributed by atoms with Gasteiger partial charge in [-0.2, -0.15) is 0 Å². The number of nitrogens with zero attached hydrogens (tertiary/aromatic N) is 1. The van der Waals surface area contributed by atoms with Crippen molar-refractivity contribution < 1.29 is 4.79 Å². The second kappa shape index (κ2) is 7.09. The summed E-state index contributed by atoms with van der Waals surface area (Å²) < 4.78 is 1.50. The van der Waals surface area contributed by atoms with Gasteiger partial charge in [-0.25, -0.2) is 4.68 Å². The molecule has 2 aromatic rings. The average molecular weight is 332 g/mol. The summed E-state index contributed by atoms with van der Waals surface area (Å²) in [6.07, 6.45) is 9.73. The summed E-state index contributed by atoms with van der Waals surface area (Å²) >= 11 is 5.87. The molecule has 3 rings (SSSR count). The minimum atomic E-state index is -0.0662. The number of carbonyl (C=O) groups is 1. The molecule has 122 valence electrons. The number of carbonyl (C=O) groups excluding carboxylic acids is 1. The third-order valence-corrected chi connectivity index (χ3v) is 4.52. The molecule has 0 spiro atoms. The van der Waals surface area contributed by atoms with Crippen molar-refractivity contribution >= 4 is 17.5 Å². The van der Waals surface area contributed by atoms with Crippen molar-refractivity contribution in [3.8, 4) is 11.3 Å². The molecule has 0 atom stereocenters. The Morgan fingerprint density at radius 2 is 1.91 bits per heavy atom. The molecule has 1 heterocycles. The first-order valence-electron chi connectivity index (χ1n) is 8.14. The monoisotopic (exact) mass is 331 g/mol. The number of H-pyrrole nitrogens is 1. The Labute approximate surface area is 141 Å². The fourth-order valence-corrected chi connectivity index (χ4v) is 3.13. The van der Waals surface area contributed by atoms with Crippen LogP contribution in [0.1, 0.15) is 43.8 Å². The summed E-state index contributed by atoms with van der Waals surface area (Å²) in [6.45, 7) is 1.95. The summed E-state index contributed by atoms with van der Waals surface area (Å²) in [5, 5.41) is 7.21. The van der Waals surface area contributed by atoms with Crippen LogP contribution in [0.25, 0.3) is 11.3 Å². The van der Waals surface area contributed by atoms with Crippen LogP contribution in [-0.4, -0.2) is 21.7 Å². The molecule has 0 bridgehead atoms. The fraction of sp³-hybridized carbons (Fsp3) is 0.389. The molecule has 0 radical (unpaired) electrons. The molecule has 23 heavy (non-hydrogen) atoms. The Morgan fingerprint density at radius 3 is 2.57 bits per heavy atom. The van der Waals surface area contributed by atoms with E-state index in [0.717, 1.165) is 17.0 Å². The molecule has 2 N–H and O–H groups in total. The van der Waals surface area contributed by atoms with Gasteiger partial charge in [-0.1, -0.05) is 43.0 Å². The lowest BCUT2D eigenvalue weighted by Crippen LogP contribution is -2.30. The van der Waals surface area contributed by atoms with Gasteiger partial charge in [0.2, 0.25) is 0 Å². The van der Waals surface area contributed by atoms with Crippen LogP contribution in [0, 0.1) is 0 Å². The number of benzene rings is 1. The molecular weight excluding hydrogens is 310 g/mol. The van der Waals surface area contributed by atoms with Gasteiger partial charge < -0.3 is 5.32 Å². The van der Waals surface area contributed by atoms with Crippen LogP contribution >= 0.6 is 11.6 Å². The number of halogens is 1. The number of aromatic nitrogens is 2. The highest BCUT2D eigenvalue weighted by Crippen LogP contribution is 2.21. The van der Waals surface area contributed by atoms with Gasteiger partial charge in [0.15, 0.2) is 0 Å². The van der Waals surface area contributed by atoms with Crippen LogP contribution in [0.2, 0.25) is 5.02 Å². The van der Waals surface area contributed by atoms with Crippen molar-refractivity contribution in [3.05, 3.63) is 47.3 Å². The lowest BCUT2D eigenvalue weighted by atomic mass is 9.95. The number of rotatable bonds is 4. The van der Waals surface area contributed by atoms with Crippen molar-refractivity contribution in [1.82, 2.24) is 15.1 Å². The Balaban J connectivity index is 1.59. The molecule has 1 aliphatic carbocycles. The van der Waals surface area contributed by atoms with E-state index in [1.54, 1.807) is 12.3 Å². The zero-order valence-electron chi connectivity index (χ0n) is 13.3. The molecule has 0 saturated heterocycles. The third-order valence-electron chi connectivity index (χ3n) is 4.27. The summed E-state index contributed by atoms with van der Waals surface area (Å²) in [4.78, 5) is 12.2. The molecule has 1 aromatic carbocycles. The van der Waals surface area contributed by atoms with Gasteiger partial charge in [-0.3, -0.25) is 9.89 Å². The summed E-state index contributed by atoms with van der Waals surface area (Å²) in [7, 11) is 0. The molecule has 1 aromatic heterocycles. The van der Waals surface area contributed by atoms with Crippen molar-refractivity contribution in [1.29, 1.82) is 0 Å². The van der Waals surface area contributed by atoms with E-state index in [4.69, 9.17) is 11.6 Å². The molecular formula is C18H22ClN3O. The zero-order chi connectivity index (χ0) is 16.2. The van der Waals surface area contributed by atoms with Gasteiger partial charge in [0.05, 0.1) is 11.9 Å². The summed E-state index contributed by atoms with van der Waals surface area (Å²) in [6, 6.07) is 8.03. The highest BCUT2D eigenvalue weighted by molar-refractivity contribution is 6.30. The molecule has 0 unspecified atom stereocenters. The van der Waals surface area contributed by atoms with E-state index in [-0.39, 0.29) is 5.91 Å². The van der Waals surface area contributed by atoms with Gasteiger partial charge in [0.1, 0.15) is 0 Å². The molecule has 4 nitrogen and oxygen atoms in total. The second-order valence-corrected chi connectivity index (χ2v) is 6.61. The SMILES string of the molecule is C/C(=C/C(=O)n1cc(-c2ccc(Cl)cc2)[nH]1)NC1CCCCC1. The number of aromatic amines is 1. The van der Waals surface area contributed by atoms with Gasteiger partial charge >= 0.3 is 0 Å². The maximum Gasteiger partial charge on any atom is 0.270 e. The van der Waals surface area contributed by atoms with Crippen LogP contribution in [0.15, 0.2) is 42.2 Å². The first-order chi connectivity index (χ1) is 11.1. The quantitative estimate of drug-likeness (QED) is 0.804. The first-order valence-corrected chi connectivity index (χ1v) is 8.52. The average Bonchev–Trinajstić information content (AvgIpc) is 2.48. The predicted octanol–water partition coefficient (Wildman–Crippen LogP) is 4.60. The Morgan fingerprint density at radius 1 is 1.26 bits per heavy atom. The van der Waals surface area contributed by atoms with Crippen molar-refractivity contribution in [2.75, 3.05) is 0 Å². The molecule has 5 heteroatoms. The minimum Gasteiger partial charge on any atom is -0.386 e. The van der Waals surface area contributed by atoms with Crippen molar-refractivity contribution in [3.63, 3.8) is 0 Å². The van der Waals surface area contributed by atoms with E-state index in [2.05, 4.69) is 10.4 Å². The van der Waals surface area contributed by atoms with Crippen molar-refractivity contribution in [2.45, 2.75) is 45.1 Å². The third kappa shape index (κ3) is 4.08. The van der Waals surface area contributed by atoms with Crippen LogP contribution in [-0.2, 0) is 0 Å². The van der Waals surface area contributed by atoms with Crippen LogP contribution in [0.5, 0.6) is 0 Å². The van der Waals surface area contributed by atoms with E-state index < -0.39 is 0 Å². The number of allylic oxidation sites excluding steroid dienone is 2. The summed E-state index contributed by atoms with van der Waals surface area (Å²) in [5.74, 6) is -0.0662. The molecule has 1 aliphatic rings. The minimum absolute atomic E-state index is 0.0662. The molecule has 0 amide bonds. The molecule has 0 aliphatic heterocycles. The summed E-state index contributed by atoms with van der Waals surface area (Å²) in [5.41, 5.74) is 2.86. The van der Waals surface area contributed by atoms with E-state index in [1.165, 1.54) is 36.8 Å². The molecule has 1 fully saturated rings. The number of hydrogen-bond acceptors (Lipinski definition) is 2. The van der Waals surface area contributed by atoms with Gasteiger partial charge in [-0.05, 0) is 31.9 Å². The van der Waals surface area contributed by atoms with E-state index in [9.17, 15) is 4.79 Å². The van der Waals surface area contributed by atoms with Crippen LogP contribution < -0.4 is 5.32 Å². The maximum atomic E-state index is 12.2. The standard InChI is InChI=1S/C18H22ClN3O/c1-13(20-16-5-3-2-4-6-16)11-18(23)22-12-17(21-22)14-7-9-15(19)10-8-14/h7-12,16,20-21H,2-6H2,1H3/b13-11-. The maximum absolute atomic E-state index is 12.2. The van der Waals surface area contributed by atoms with Gasteiger partial charge in [0.25, 0.3) is 5.91 Å². The zero-order valence-corrected chi connectivity index (χ0v) is 14.1. The van der Waals surface area contributed by atoms with Gasteiger partial charge in [0, 0.05) is 28.4 Å². The molecule has 1 saturated carbocycles. The highest BCUT2D eigenvalue weighted by Gasteiger charge is 2.14. The van der Waals surface area contributed by atoms with E-state index in [0.29, 0.717) is 11.1 Å². The van der Waals surface area contributed by atoms with E-state index >= 15 is 0 Å². The van der Waals surface area contributed by atoms with Gasteiger partial charge in [-0.15, -0.1) is 0 Å².